The summed E-state index contributed by atoms with van der Waals surface area (Å²) in [4.78, 5) is 0.0204. The molecule has 0 saturated carbocycles. The zero-order valence-corrected chi connectivity index (χ0v) is 15.3. The van der Waals surface area contributed by atoms with Gasteiger partial charge in [0, 0.05) is 7.11 Å². The Balaban J connectivity index is 2.95. The molecule has 0 heterocycles. The molecule has 0 aromatic heterocycles. The van der Waals surface area contributed by atoms with Crippen LogP contribution in [0.3, 0.4) is 0 Å². The number of benzene rings is 1. The monoisotopic (exact) mass is 409 g/mol. The molecule has 2 unspecified atom stereocenters. The minimum absolute atomic E-state index is 0.0204. The van der Waals surface area contributed by atoms with Gasteiger partial charge in [-0.15, -0.1) is 11.6 Å². The summed E-state index contributed by atoms with van der Waals surface area (Å²) in [5, 5.41) is 0. The molecule has 1 aromatic rings. The van der Waals surface area contributed by atoms with Crippen LogP contribution in [0, 0.1) is 0 Å². The Morgan fingerprint density at radius 3 is 2.27 bits per heavy atom. The number of alkyl halides is 4. The van der Waals surface area contributed by atoms with Crippen molar-refractivity contribution in [3.05, 3.63) is 30.3 Å². The Hall–Kier alpha value is 0.210. The SMILES string of the molecule is COCC(CCl)OC(NS(=O)(=O)c1ccccc1)C(Cl)(Cl)Cl. The van der Waals surface area contributed by atoms with Gasteiger partial charge in [0.1, 0.15) is 0 Å². The van der Waals surface area contributed by atoms with Crippen molar-refractivity contribution >= 4 is 56.4 Å². The molecule has 0 aliphatic carbocycles. The van der Waals surface area contributed by atoms with Gasteiger partial charge in [-0.1, -0.05) is 53.0 Å². The molecule has 126 valence electrons. The fourth-order valence-electron chi connectivity index (χ4n) is 1.48. The molecular formula is C12H15Cl4NO4S. The summed E-state index contributed by atoms with van der Waals surface area (Å²) in [6.07, 6.45) is -2.08. The molecule has 0 aliphatic heterocycles. The van der Waals surface area contributed by atoms with Crippen LogP contribution in [0.4, 0.5) is 0 Å². The highest BCUT2D eigenvalue weighted by molar-refractivity contribution is 7.89. The first-order chi connectivity index (χ1) is 10.2. The lowest BCUT2D eigenvalue weighted by Crippen LogP contribution is -2.48. The van der Waals surface area contributed by atoms with Gasteiger partial charge in [0.05, 0.1) is 23.5 Å². The van der Waals surface area contributed by atoms with E-state index in [1.165, 1.54) is 19.2 Å². The molecule has 1 rings (SSSR count). The predicted molar refractivity (Wildman–Crippen MR) is 88.3 cm³/mol. The molecule has 1 N–H and O–H groups in total. The normalized spacial score (nSPS) is 15.5. The Kier molecular flexibility index (Phi) is 8.19. The number of ether oxygens (including phenoxy) is 2. The van der Waals surface area contributed by atoms with Crippen LogP contribution in [0.15, 0.2) is 35.2 Å². The molecular weight excluding hydrogens is 396 g/mol. The number of sulfonamides is 1. The smallest absolute Gasteiger partial charge is 0.242 e. The van der Waals surface area contributed by atoms with Crippen LogP contribution in [-0.2, 0) is 19.5 Å². The molecule has 1 aromatic carbocycles. The lowest BCUT2D eigenvalue weighted by molar-refractivity contribution is -0.0394. The van der Waals surface area contributed by atoms with E-state index < -0.39 is 26.1 Å². The average Bonchev–Trinajstić information content (AvgIpc) is 2.45. The van der Waals surface area contributed by atoms with Gasteiger partial charge >= 0.3 is 0 Å². The van der Waals surface area contributed by atoms with Crippen LogP contribution in [0.2, 0.25) is 0 Å². The van der Waals surface area contributed by atoms with E-state index in [1.807, 2.05) is 0 Å². The highest BCUT2D eigenvalue weighted by atomic mass is 35.6. The van der Waals surface area contributed by atoms with E-state index >= 15 is 0 Å². The van der Waals surface area contributed by atoms with Gasteiger partial charge in [-0.3, -0.25) is 0 Å². The number of hydrogen-bond acceptors (Lipinski definition) is 4. The van der Waals surface area contributed by atoms with Crippen LogP contribution < -0.4 is 4.72 Å². The summed E-state index contributed by atoms with van der Waals surface area (Å²) in [5.74, 6) is 0.0398. The summed E-state index contributed by atoms with van der Waals surface area (Å²) in [7, 11) is -2.48. The second-order valence-electron chi connectivity index (χ2n) is 4.22. The molecule has 10 heteroatoms. The van der Waals surface area contributed by atoms with E-state index in [9.17, 15) is 8.42 Å². The van der Waals surface area contributed by atoms with Gasteiger partial charge in [-0.2, -0.15) is 4.72 Å². The van der Waals surface area contributed by atoms with E-state index in [0.717, 1.165) is 0 Å². The summed E-state index contributed by atoms with van der Waals surface area (Å²) in [6, 6.07) is 7.65. The van der Waals surface area contributed by atoms with E-state index in [2.05, 4.69) is 4.72 Å². The quantitative estimate of drug-likeness (QED) is 0.528. The predicted octanol–water partition coefficient (Wildman–Crippen LogP) is 2.93. The molecule has 0 fully saturated rings. The van der Waals surface area contributed by atoms with Gasteiger partial charge in [0.15, 0.2) is 6.23 Å². The first kappa shape index (κ1) is 20.3. The van der Waals surface area contributed by atoms with Crippen LogP contribution in [0.25, 0.3) is 0 Å². The zero-order valence-electron chi connectivity index (χ0n) is 11.5. The van der Waals surface area contributed by atoms with Gasteiger partial charge < -0.3 is 9.47 Å². The minimum Gasteiger partial charge on any atom is -0.382 e. The maximum absolute atomic E-state index is 12.3. The van der Waals surface area contributed by atoms with Gasteiger partial charge in [0.25, 0.3) is 0 Å². The van der Waals surface area contributed by atoms with Crippen LogP contribution in [0.1, 0.15) is 0 Å². The second kappa shape index (κ2) is 8.89. The summed E-state index contributed by atoms with van der Waals surface area (Å²) < 4.78 is 35.1. The topological polar surface area (TPSA) is 64.6 Å². The fraction of sp³-hybridized carbons (Fsp3) is 0.500. The lowest BCUT2D eigenvalue weighted by Gasteiger charge is -2.28. The summed E-state index contributed by atoms with van der Waals surface area (Å²) >= 11 is 23.1. The van der Waals surface area contributed by atoms with E-state index in [0.29, 0.717) is 0 Å². The highest BCUT2D eigenvalue weighted by Gasteiger charge is 2.38. The molecule has 2 atom stereocenters. The van der Waals surface area contributed by atoms with Crippen LogP contribution in [-0.4, -0.2) is 44.1 Å². The van der Waals surface area contributed by atoms with Crippen LogP contribution >= 0.6 is 46.4 Å². The zero-order chi connectivity index (χ0) is 16.8. The number of methoxy groups -OCH3 is 1. The van der Waals surface area contributed by atoms with Gasteiger partial charge in [-0.05, 0) is 12.1 Å². The molecule has 5 nitrogen and oxygen atoms in total. The summed E-state index contributed by atoms with van der Waals surface area (Å²) in [6.45, 7) is 0.119. The number of halogens is 4. The molecule has 0 spiro atoms. The van der Waals surface area contributed by atoms with E-state index in [4.69, 9.17) is 55.9 Å². The van der Waals surface area contributed by atoms with Gasteiger partial charge in [0.2, 0.25) is 13.8 Å². The molecule has 22 heavy (non-hydrogen) atoms. The molecule has 0 bridgehead atoms. The number of nitrogens with one attached hydrogen (secondary N) is 1. The van der Waals surface area contributed by atoms with Crippen molar-refractivity contribution in [2.45, 2.75) is 21.0 Å². The van der Waals surface area contributed by atoms with Gasteiger partial charge in [-0.25, -0.2) is 8.42 Å². The lowest BCUT2D eigenvalue weighted by atomic mass is 10.4. The van der Waals surface area contributed by atoms with Crippen molar-refractivity contribution in [1.29, 1.82) is 0 Å². The van der Waals surface area contributed by atoms with Crippen molar-refractivity contribution in [1.82, 2.24) is 4.72 Å². The third-order valence-electron chi connectivity index (χ3n) is 2.47. The Bertz CT molecular complexity index is 550. The maximum Gasteiger partial charge on any atom is 0.242 e. The Morgan fingerprint density at radius 1 is 1.23 bits per heavy atom. The van der Waals surface area contributed by atoms with Crippen molar-refractivity contribution < 1.29 is 17.9 Å². The second-order valence-corrected chi connectivity index (χ2v) is 8.62. The largest absolute Gasteiger partial charge is 0.382 e. The summed E-state index contributed by atoms with van der Waals surface area (Å²) in [5.41, 5.74) is 0. The minimum atomic E-state index is -3.92. The standard InChI is InChI=1S/C12H15Cl4NO4S/c1-20-8-9(7-13)21-11(12(14,15)16)17-22(18,19)10-5-3-2-4-6-10/h2-6,9,11,17H,7-8H2,1H3. The molecule has 0 saturated heterocycles. The average molecular weight is 411 g/mol. The van der Waals surface area contributed by atoms with Crippen molar-refractivity contribution in [3.63, 3.8) is 0 Å². The van der Waals surface area contributed by atoms with Crippen molar-refractivity contribution in [2.24, 2.45) is 0 Å². The molecule has 0 aliphatic rings. The Labute approximate surface area is 149 Å². The fourth-order valence-corrected chi connectivity index (χ4v) is 3.32. The first-order valence-corrected chi connectivity index (χ1v) is 9.20. The van der Waals surface area contributed by atoms with Crippen molar-refractivity contribution in [2.75, 3.05) is 19.6 Å². The number of hydrogen-bond donors (Lipinski definition) is 1. The van der Waals surface area contributed by atoms with Crippen molar-refractivity contribution in [3.8, 4) is 0 Å². The van der Waals surface area contributed by atoms with Crippen LogP contribution in [0.5, 0.6) is 0 Å². The number of rotatable bonds is 8. The first-order valence-electron chi connectivity index (χ1n) is 6.05. The van der Waals surface area contributed by atoms with E-state index in [1.54, 1.807) is 18.2 Å². The third kappa shape index (κ3) is 6.37. The Morgan fingerprint density at radius 2 is 1.82 bits per heavy atom. The third-order valence-corrected chi connectivity index (χ3v) is 4.82. The highest BCUT2D eigenvalue weighted by Crippen LogP contribution is 2.32. The maximum atomic E-state index is 12.3. The molecule has 0 radical (unpaired) electrons. The van der Waals surface area contributed by atoms with E-state index in [-0.39, 0.29) is 17.4 Å². The molecule has 0 amide bonds.